The van der Waals surface area contributed by atoms with Crippen molar-refractivity contribution < 1.29 is 18.0 Å². The van der Waals surface area contributed by atoms with Crippen LogP contribution < -0.4 is 11.1 Å². The number of anilines is 1. The zero-order valence-electron chi connectivity index (χ0n) is 14.8. The molecule has 146 valence electrons. The first-order chi connectivity index (χ1) is 13.2. The molecule has 1 amide bonds. The van der Waals surface area contributed by atoms with Crippen LogP contribution in [0.4, 0.5) is 18.9 Å². The fourth-order valence-electron chi connectivity index (χ4n) is 2.77. The number of fused-ring (bicyclic) bond motifs is 1. The second-order valence-corrected chi connectivity index (χ2v) is 6.52. The van der Waals surface area contributed by atoms with E-state index in [1.54, 1.807) is 18.2 Å². The average Bonchev–Trinajstić information content (AvgIpc) is 2.65. The van der Waals surface area contributed by atoms with Gasteiger partial charge in [-0.25, -0.2) is 0 Å². The predicted molar refractivity (Wildman–Crippen MR) is 102 cm³/mol. The van der Waals surface area contributed by atoms with Crippen molar-refractivity contribution in [1.29, 1.82) is 0 Å². The maximum atomic E-state index is 13.1. The van der Waals surface area contributed by atoms with Crippen LogP contribution in [0.25, 0.3) is 22.0 Å². The summed E-state index contributed by atoms with van der Waals surface area (Å²) in [5.74, 6) is -0.462. The number of nitrogen functional groups attached to an aromatic ring is 1. The molecule has 1 aromatic heterocycles. The van der Waals surface area contributed by atoms with E-state index >= 15 is 0 Å². The summed E-state index contributed by atoms with van der Waals surface area (Å²) in [6, 6.07) is 7.86. The minimum absolute atomic E-state index is 0.0340. The molecule has 0 atom stereocenters. The zero-order valence-corrected chi connectivity index (χ0v) is 15.5. The fourth-order valence-corrected chi connectivity index (χ4v) is 2.98. The Labute approximate surface area is 163 Å². The van der Waals surface area contributed by atoms with E-state index < -0.39 is 17.6 Å². The first kappa shape index (κ1) is 19.9. The SMILES string of the molecule is CCCNC(=O)c1nnc2c(-c3cc(C(F)(F)F)ccc3Cl)cccc2c1N. The van der Waals surface area contributed by atoms with E-state index in [0.717, 1.165) is 18.6 Å². The molecular weight excluding hydrogens is 393 g/mol. The van der Waals surface area contributed by atoms with Crippen molar-refractivity contribution in [1.82, 2.24) is 15.5 Å². The summed E-state index contributed by atoms with van der Waals surface area (Å²) < 4.78 is 39.3. The molecule has 9 heteroatoms. The lowest BCUT2D eigenvalue weighted by Gasteiger charge is -2.13. The number of alkyl halides is 3. The summed E-state index contributed by atoms with van der Waals surface area (Å²) in [5, 5.41) is 11.1. The lowest BCUT2D eigenvalue weighted by atomic mass is 9.99. The van der Waals surface area contributed by atoms with Gasteiger partial charge in [0.2, 0.25) is 0 Å². The topological polar surface area (TPSA) is 80.9 Å². The smallest absolute Gasteiger partial charge is 0.396 e. The molecule has 0 unspecified atom stereocenters. The number of hydrogen-bond acceptors (Lipinski definition) is 4. The van der Waals surface area contributed by atoms with Gasteiger partial charge in [0.05, 0.1) is 11.3 Å². The average molecular weight is 409 g/mol. The van der Waals surface area contributed by atoms with Gasteiger partial charge in [0.15, 0.2) is 5.69 Å². The Morgan fingerprint density at radius 1 is 1.18 bits per heavy atom. The van der Waals surface area contributed by atoms with Crippen molar-refractivity contribution in [2.75, 3.05) is 12.3 Å². The molecule has 0 aliphatic heterocycles. The molecule has 0 fully saturated rings. The predicted octanol–water partition coefficient (Wildman–Crippen LogP) is 4.69. The normalized spacial score (nSPS) is 11.6. The van der Waals surface area contributed by atoms with E-state index in [-0.39, 0.29) is 27.5 Å². The second-order valence-electron chi connectivity index (χ2n) is 6.11. The minimum Gasteiger partial charge on any atom is -0.396 e. The molecule has 5 nitrogen and oxygen atoms in total. The Hall–Kier alpha value is -2.87. The van der Waals surface area contributed by atoms with Crippen molar-refractivity contribution in [3.63, 3.8) is 0 Å². The molecule has 0 aliphatic carbocycles. The van der Waals surface area contributed by atoms with Crippen LogP contribution in [0, 0.1) is 0 Å². The van der Waals surface area contributed by atoms with Crippen LogP contribution in [0.5, 0.6) is 0 Å². The maximum absolute atomic E-state index is 13.1. The third-order valence-electron chi connectivity index (χ3n) is 4.17. The molecule has 0 saturated heterocycles. The first-order valence-corrected chi connectivity index (χ1v) is 8.82. The summed E-state index contributed by atoms with van der Waals surface area (Å²) in [6.45, 7) is 2.36. The largest absolute Gasteiger partial charge is 0.416 e. The summed E-state index contributed by atoms with van der Waals surface area (Å²) in [5.41, 5.74) is 6.08. The third kappa shape index (κ3) is 3.73. The number of carbonyl (C=O) groups is 1. The molecule has 3 N–H and O–H groups in total. The number of nitrogens with one attached hydrogen (secondary N) is 1. The van der Waals surface area contributed by atoms with Gasteiger partial charge in [-0.15, -0.1) is 10.2 Å². The Morgan fingerprint density at radius 2 is 1.93 bits per heavy atom. The summed E-state index contributed by atoms with van der Waals surface area (Å²) in [7, 11) is 0. The Kier molecular flexibility index (Phi) is 5.42. The maximum Gasteiger partial charge on any atom is 0.416 e. The number of nitrogens with zero attached hydrogens (tertiary/aromatic N) is 2. The molecule has 0 saturated carbocycles. The summed E-state index contributed by atoms with van der Waals surface area (Å²) in [4.78, 5) is 12.2. The Morgan fingerprint density at radius 3 is 2.61 bits per heavy atom. The zero-order chi connectivity index (χ0) is 20.5. The van der Waals surface area contributed by atoms with E-state index in [4.69, 9.17) is 17.3 Å². The van der Waals surface area contributed by atoms with E-state index in [9.17, 15) is 18.0 Å². The van der Waals surface area contributed by atoms with E-state index in [2.05, 4.69) is 15.5 Å². The highest BCUT2D eigenvalue weighted by molar-refractivity contribution is 6.33. The highest BCUT2D eigenvalue weighted by Crippen LogP contribution is 2.38. The van der Waals surface area contributed by atoms with Gasteiger partial charge in [-0.1, -0.05) is 36.7 Å². The molecular formula is C19H16ClF3N4O. The first-order valence-electron chi connectivity index (χ1n) is 8.44. The van der Waals surface area contributed by atoms with Crippen LogP contribution in [-0.2, 0) is 6.18 Å². The Bertz CT molecular complexity index is 1050. The number of nitrogens with two attached hydrogens (primary N) is 1. The van der Waals surface area contributed by atoms with Crippen LogP contribution in [0.1, 0.15) is 29.4 Å². The van der Waals surface area contributed by atoms with Gasteiger partial charge in [0.25, 0.3) is 5.91 Å². The lowest BCUT2D eigenvalue weighted by Crippen LogP contribution is -2.26. The number of rotatable bonds is 4. The van der Waals surface area contributed by atoms with Crippen LogP contribution in [0.15, 0.2) is 36.4 Å². The molecule has 0 spiro atoms. The molecule has 28 heavy (non-hydrogen) atoms. The number of carbonyl (C=O) groups excluding carboxylic acids is 1. The van der Waals surface area contributed by atoms with Gasteiger partial charge < -0.3 is 11.1 Å². The molecule has 1 heterocycles. The lowest BCUT2D eigenvalue weighted by molar-refractivity contribution is -0.137. The molecule has 3 rings (SSSR count). The highest BCUT2D eigenvalue weighted by atomic mass is 35.5. The summed E-state index contributed by atoms with van der Waals surface area (Å²) >= 11 is 6.15. The molecule has 2 aromatic carbocycles. The van der Waals surface area contributed by atoms with Crippen LogP contribution >= 0.6 is 11.6 Å². The van der Waals surface area contributed by atoms with E-state index in [1.807, 2.05) is 6.92 Å². The molecule has 3 aromatic rings. The van der Waals surface area contributed by atoms with Crippen LogP contribution in [0.2, 0.25) is 5.02 Å². The third-order valence-corrected chi connectivity index (χ3v) is 4.50. The number of benzene rings is 2. The van der Waals surface area contributed by atoms with Crippen molar-refractivity contribution >= 4 is 34.1 Å². The van der Waals surface area contributed by atoms with Crippen LogP contribution in [-0.4, -0.2) is 22.6 Å². The minimum atomic E-state index is -4.51. The molecule has 0 radical (unpaired) electrons. The van der Waals surface area contributed by atoms with Gasteiger partial charge in [0, 0.05) is 28.1 Å². The van der Waals surface area contributed by atoms with Gasteiger partial charge in [-0.2, -0.15) is 13.2 Å². The summed E-state index contributed by atoms with van der Waals surface area (Å²) in [6.07, 6.45) is -3.77. The van der Waals surface area contributed by atoms with Crippen molar-refractivity contribution in [2.45, 2.75) is 19.5 Å². The van der Waals surface area contributed by atoms with Gasteiger partial charge in [0.1, 0.15) is 5.52 Å². The molecule has 0 bridgehead atoms. The quantitative estimate of drug-likeness (QED) is 0.656. The van der Waals surface area contributed by atoms with Crippen molar-refractivity contribution in [3.8, 4) is 11.1 Å². The molecule has 0 aliphatic rings. The van der Waals surface area contributed by atoms with Gasteiger partial charge in [-0.05, 0) is 24.6 Å². The Balaban J connectivity index is 2.17. The van der Waals surface area contributed by atoms with E-state index in [1.165, 1.54) is 6.07 Å². The number of aromatic nitrogens is 2. The standard InChI is InChI=1S/C19H16ClF3N4O/c1-2-8-25-18(28)17-15(24)12-5-3-4-11(16(12)26-27-17)13-9-10(19(21,22)23)6-7-14(13)20/h3-7,9H,2,8H2,1H3,(H2,24,26)(H,25,28). The van der Waals surface area contributed by atoms with Gasteiger partial charge >= 0.3 is 6.18 Å². The number of halogens is 4. The van der Waals surface area contributed by atoms with Crippen molar-refractivity contribution in [2.24, 2.45) is 0 Å². The fraction of sp³-hybridized carbons (Fsp3) is 0.211. The highest BCUT2D eigenvalue weighted by Gasteiger charge is 2.31. The number of hydrogen-bond donors (Lipinski definition) is 2. The van der Waals surface area contributed by atoms with Crippen molar-refractivity contribution in [3.05, 3.63) is 52.7 Å². The second kappa shape index (κ2) is 7.63. The van der Waals surface area contributed by atoms with Crippen LogP contribution in [0.3, 0.4) is 0 Å². The van der Waals surface area contributed by atoms with E-state index in [0.29, 0.717) is 17.5 Å². The van der Waals surface area contributed by atoms with Gasteiger partial charge in [-0.3, -0.25) is 4.79 Å². The monoisotopic (exact) mass is 408 g/mol. The number of amides is 1.